The van der Waals surface area contributed by atoms with E-state index in [-0.39, 0.29) is 0 Å². The highest BCUT2D eigenvalue weighted by molar-refractivity contribution is 6.29. The second-order valence-corrected chi connectivity index (χ2v) is 4.45. The first-order chi connectivity index (χ1) is 8.72. The van der Waals surface area contributed by atoms with Gasteiger partial charge in [0.1, 0.15) is 0 Å². The second-order valence-electron chi connectivity index (χ2n) is 4.06. The maximum absolute atomic E-state index is 5.72. The number of hydrogen-bond donors (Lipinski definition) is 1. The molecule has 0 atom stereocenters. The molecule has 0 spiro atoms. The van der Waals surface area contributed by atoms with Crippen molar-refractivity contribution in [3.8, 4) is 5.82 Å². The molecule has 18 heavy (non-hydrogen) atoms. The molecule has 96 valence electrons. The Labute approximate surface area is 111 Å². The van der Waals surface area contributed by atoms with Gasteiger partial charge < -0.3 is 5.32 Å². The second kappa shape index (κ2) is 5.93. The van der Waals surface area contributed by atoms with Crippen LogP contribution in [0.15, 0.2) is 18.3 Å². The van der Waals surface area contributed by atoms with E-state index in [0.717, 1.165) is 25.2 Å². The van der Waals surface area contributed by atoms with Crippen molar-refractivity contribution in [2.24, 2.45) is 0 Å². The summed E-state index contributed by atoms with van der Waals surface area (Å²) < 4.78 is 1.77. The van der Waals surface area contributed by atoms with Gasteiger partial charge in [-0.05, 0) is 32.0 Å². The molecule has 1 N–H and O–H groups in total. The third-order valence-corrected chi connectivity index (χ3v) is 2.89. The summed E-state index contributed by atoms with van der Waals surface area (Å²) in [7, 11) is 0. The lowest BCUT2D eigenvalue weighted by Gasteiger charge is -2.04. The predicted octanol–water partition coefficient (Wildman–Crippen LogP) is 2.12. The number of rotatable bonds is 5. The van der Waals surface area contributed by atoms with Gasteiger partial charge in [0.15, 0.2) is 11.0 Å². The highest BCUT2D eigenvalue weighted by Gasteiger charge is 2.08. The van der Waals surface area contributed by atoms with Crippen LogP contribution in [0.4, 0.5) is 0 Å². The lowest BCUT2D eigenvalue weighted by molar-refractivity contribution is 0.672. The first kappa shape index (κ1) is 13.0. The Kier molecular flexibility index (Phi) is 4.28. The lowest BCUT2D eigenvalue weighted by Crippen LogP contribution is -2.14. The van der Waals surface area contributed by atoms with E-state index in [4.69, 9.17) is 11.6 Å². The largest absolute Gasteiger partial charge is 0.313 e. The summed E-state index contributed by atoms with van der Waals surface area (Å²) in [5.74, 6) is 0.679. The fourth-order valence-corrected chi connectivity index (χ4v) is 1.77. The molecule has 0 aliphatic carbocycles. The van der Waals surface area contributed by atoms with Gasteiger partial charge in [0.2, 0.25) is 0 Å². The topological polar surface area (TPSA) is 55.6 Å². The summed E-state index contributed by atoms with van der Waals surface area (Å²) in [6, 6.07) is 3.51. The Balaban J connectivity index is 2.17. The van der Waals surface area contributed by atoms with Crippen LogP contribution in [0, 0.1) is 6.92 Å². The minimum Gasteiger partial charge on any atom is -0.313 e. The van der Waals surface area contributed by atoms with Gasteiger partial charge >= 0.3 is 0 Å². The van der Waals surface area contributed by atoms with Gasteiger partial charge in [-0.3, -0.25) is 0 Å². The fraction of sp³-hybridized carbons (Fsp3) is 0.417. The first-order valence-electron chi connectivity index (χ1n) is 5.96. The number of aromatic nitrogens is 4. The molecule has 0 fully saturated rings. The zero-order valence-electron chi connectivity index (χ0n) is 10.5. The molecular formula is C12H16ClN5. The van der Waals surface area contributed by atoms with Crippen LogP contribution in [-0.2, 0) is 6.54 Å². The standard InChI is InChI=1S/C12H16ClN5/c1-3-6-14-7-10-8-15-18(9(10)2)12-5-4-11(13)16-17-12/h4-5,8,14H,3,6-7H2,1-2H3. The van der Waals surface area contributed by atoms with Gasteiger partial charge in [-0.15, -0.1) is 10.2 Å². The van der Waals surface area contributed by atoms with Crippen molar-refractivity contribution in [3.05, 3.63) is 34.7 Å². The van der Waals surface area contributed by atoms with Gasteiger partial charge in [0.25, 0.3) is 0 Å². The summed E-state index contributed by atoms with van der Waals surface area (Å²) in [4.78, 5) is 0. The minimum absolute atomic E-state index is 0.383. The van der Waals surface area contributed by atoms with Crippen molar-refractivity contribution in [2.75, 3.05) is 6.54 Å². The van der Waals surface area contributed by atoms with Crippen molar-refractivity contribution in [1.82, 2.24) is 25.3 Å². The van der Waals surface area contributed by atoms with E-state index in [1.165, 1.54) is 5.56 Å². The molecule has 0 aromatic carbocycles. The molecule has 0 saturated heterocycles. The zero-order chi connectivity index (χ0) is 13.0. The van der Waals surface area contributed by atoms with E-state index in [9.17, 15) is 0 Å². The fourth-order valence-electron chi connectivity index (χ4n) is 1.67. The maximum Gasteiger partial charge on any atom is 0.176 e. The van der Waals surface area contributed by atoms with E-state index in [1.54, 1.807) is 16.8 Å². The third kappa shape index (κ3) is 2.86. The molecule has 2 heterocycles. The lowest BCUT2D eigenvalue weighted by atomic mass is 10.2. The predicted molar refractivity (Wildman–Crippen MR) is 70.9 cm³/mol. The molecule has 0 amide bonds. The molecule has 5 nitrogen and oxygen atoms in total. The molecule has 2 rings (SSSR count). The van der Waals surface area contributed by atoms with Crippen LogP contribution in [0.2, 0.25) is 5.15 Å². The van der Waals surface area contributed by atoms with Gasteiger partial charge in [-0.1, -0.05) is 18.5 Å². The summed E-state index contributed by atoms with van der Waals surface area (Å²) >= 11 is 5.72. The van der Waals surface area contributed by atoms with Crippen LogP contribution < -0.4 is 5.32 Å². The summed E-state index contributed by atoms with van der Waals surface area (Å²) in [5.41, 5.74) is 2.23. The summed E-state index contributed by atoms with van der Waals surface area (Å²) in [5, 5.41) is 15.9. The molecular weight excluding hydrogens is 250 g/mol. The van der Waals surface area contributed by atoms with Gasteiger partial charge in [-0.2, -0.15) is 5.10 Å². The van der Waals surface area contributed by atoms with E-state index >= 15 is 0 Å². The molecule has 6 heteroatoms. The Morgan fingerprint density at radius 2 is 2.17 bits per heavy atom. The van der Waals surface area contributed by atoms with Crippen LogP contribution in [0.3, 0.4) is 0 Å². The van der Waals surface area contributed by atoms with Gasteiger partial charge in [-0.25, -0.2) is 4.68 Å². The van der Waals surface area contributed by atoms with Crippen molar-refractivity contribution in [1.29, 1.82) is 0 Å². The van der Waals surface area contributed by atoms with Gasteiger partial charge in [0, 0.05) is 17.8 Å². The Bertz CT molecular complexity index is 506. The smallest absolute Gasteiger partial charge is 0.176 e. The molecule has 0 aliphatic rings. The Hall–Kier alpha value is -1.46. The highest BCUT2D eigenvalue weighted by atomic mass is 35.5. The number of nitrogens with one attached hydrogen (secondary N) is 1. The normalized spacial score (nSPS) is 10.8. The summed E-state index contributed by atoms with van der Waals surface area (Å²) in [6.45, 7) is 5.99. The number of hydrogen-bond acceptors (Lipinski definition) is 4. The maximum atomic E-state index is 5.72. The van der Waals surface area contributed by atoms with Crippen LogP contribution >= 0.6 is 11.6 Å². The van der Waals surface area contributed by atoms with Crippen LogP contribution in [0.5, 0.6) is 0 Å². The minimum atomic E-state index is 0.383. The van der Waals surface area contributed by atoms with E-state index < -0.39 is 0 Å². The van der Waals surface area contributed by atoms with Crippen molar-refractivity contribution in [2.45, 2.75) is 26.8 Å². The summed E-state index contributed by atoms with van der Waals surface area (Å²) in [6.07, 6.45) is 2.98. The number of halogens is 1. The first-order valence-corrected chi connectivity index (χ1v) is 6.34. The molecule has 0 saturated carbocycles. The monoisotopic (exact) mass is 265 g/mol. The highest BCUT2D eigenvalue weighted by Crippen LogP contribution is 2.12. The molecule has 0 unspecified atom stereocenters. The van der Waals surface area contributed by atoms with E-state index in [0.29, 0.717) is 11.0 Å². The number of nitrogens with zero attached hydrogens (tertiary/aromatic N) is 4. The van der Waals surface area contributed by atoms with Crippen LogP contribution in [0.1, 0.15) is 24.6 Å². The SMILES string of the molecule is CCCNCc1cnn(-c2ccc(Cl)nn2)c1C. The molecule has 0 radical (unpaired) electrons. The average molecular weight is 266 g/mol. The molecule has 0 aliphatic heterocycles. The molecule has 0 bridgehead atoms. The van der Waals surface area contributed by atoms with Crippen molar-refractivity contribution < 1.29 is 0 Å². The quantitative estimate of drug-likeness (QED) is 0.842. The Morgan fingerprint density at radius 3 is 2.83 bits per heavy atom. The van der Waals surface area contributed by atoms with Gasteiger partial charge in [0.05, 0.1) is 6.20 Å². The Morgan fingerprint density at radius 1 is 1.33 bits per heavy atom. The van der Waals surface area contributed by atoms with Crippen molar-refractivity contribution in [3.63, 3.8) is 0 Å². The van der Waals surface area contributed by atoms with Crippen LogP contribution in [0.25, 0.3) is 5.82 Å². The van der Waals surface area contributed by atoms with Crippen LogP contribution in [-0.4, -0.2) is 26.5 Å². The molecule has 2 aromatic rings. The molecule has 2 aromatic heterocycles. The van der Waals surface area contributed by atoms with Crippen molar-refractivity contribution >= 4 is 11.6 Å². The third-order valence-electron chi connectivity index (χ3n) is 2.69. The zero-order valence-corrected chi connectivity index (χ0v) is 11.3. The van der Waals surface area contributed by atoms with E-state index in [1.807, 2.05) is 13.1 Å². The average Bonchev–Trinajstić information content (AvgIpc) is 2.73. The van der Waals surface area contributed by atoms with E-state index in [2.05, 4.69) is 27.5 Å².